The topological polar surface area (TPSA) is 66.5 Å². The van der Waals surface area contributed by atoms with E-state index in [1.165, 1.54) is 4.90 Å². The number of hydrogen-bond acceptors (Lipinski definition) is 3. The van der Waals surface area contributed by atoms with Crippen LogP contribution in [0.25, 0.3) is 0 Å². The Hall–Kier alpha value is -2.66. The Bertz CT molecular complexity index is 978. The lowest BCUT2D eigenvalue weighted by Gasteiger charge is -2.21. The van der Waals surface area contributed by atoms with Crippen LogP contribution in [0, 0.1) is 12.3 Å². The highest BCUT2D eigenvalue weighted by molar-refractivity contribution is 6.31. The van der Waals surface area contributed by atoms with Gasteiger partial charge in [0.15, 0.2) is 0 Å². The number of rotatable bonds is 4. The average Bonchev–Trinajstić information content (AvgIpc) is 3.26. The van der Waals surface area contributed by atoms with Crippen molar-refractivity contribution in [3.63, 3.8) is 0 Å². The lowest BCUT2D eigenvalue weighted by molar-refractivity contribution is -0.142. The second-order valence-corrected chi connectivity index (χ2v) is 8.47. The number of halogens is 1. The van der Waals surface area contributed by atoms with Crippen molar-refractivity contribution in [1.29, 1.82) is 0 Å². The van der Waals surface area contributed by atoms with Gasteiger partial charge in [0, 0.05) is 22.7 Å². The van der Waals surface area contributed by atoms with Crippen LogP contribution in [0.5, 0.6) is 0 Å². The minimum atomic E-state index is -0.451. The predicted molar refractivity (Wildman–Crippen MR) is 112 cm³/mol. The van der Waals surface area contributed by atoms with Crippen LogP contribution in [0.2, 0.25) is 5.02 Å². The van der Waals surface area contributed by atoms with Crippen molar-refractivity contribution >= 4 is 35.0 Å². The highest BCUT2D eigenvalue weighted by atomic mass is 35.5. The van der Waals surface area contributed by atoms with E-state index in [0.717, 1.165) is 36.8 Å². The summed E-state index contributed by atoms with van der Waals surface area (Å²) in [5.41, 5.74) is 2.46. The van der Waals surface area contributed by atoms with E-state index in [0.29, 0.717) is 22.7 Å². The third-order valence-electron chi connectivity index (χ3n) is 6.02. The lowest BCUT2D eigenvalue weighted by Crippen LogP contribution is -2.33. The molecule has 1 heterocycles. The van der Waals surface area contributed by atoms with Gasteiger partial charge in [-0.2, -0.15) is 0 Å². The summed E-state index contributed by atoms with van der Waals surface area (Å²) >= 11 is 6.02. The molecule has 3 amide bonds. The van der Waals surface area contributed by atoms with Crippen LogP contribution in [0.1, 0.15) is 53.6 Å². The van der Waals surface area contributed by atoms with Crippen LogP contribution in [0.4, 0.5) is 5.69 Å². The Labute approximate surface area is 175 Å². The molecule has 0 atom stereocenters. The SMILES string of the molecule is Cc1cc(NC(=O)c2ccc(CN3C(=O)CC4(CCCC4)C3=O)cc2)ccc1Cl. The van der Waals surface area contributed by atoms with Crippen molar-refractivity contribution in [2.75, 3.05) is 5.32 Å². The molecule has 0 bridgehead atoms. The number of carbonyl (C=O) groups is 3. The summed E-state index contributed by atoms with van der Waals surface area (Å²) in [4.78, 5) is 39.1. The number of carbonyl (C=O) groups excluding carboxylic acids is 3. The van der Waals surface area contributed by atoms with E-state index in [1.807, 2.05) is 13.0 Å². The fourth-order valence-corrected chi connectivity index (χ4v) is 4.45. The van der Waals surface area contributed by atoms with Crippen LogP contribution in [-0.2, 0) is 16.1 Å². The summed E-state index contributed by atoms with van der Waals surface area (Å²) in [6.45, 7) is 2.14. The van der Waals surface area contributed by atoms with Gasteiger partial charge in [0.05, 0.1) is 12.0 Å². The second-order valence-electron chi connectivity index (χ2n) is 8.06. The Balaban J connectivity index is 1.42. The zero-order chi connectivity index (χ0) is 20.6. The summed E-state index contributed by atoms with van der Waals surface area (Å²) in [5, 5.41) is 3.50. The zero-order valence-corrected chi connectivity index (χ0v) is 17.1. The van der Waals surface area contributed by atoms with Crippen LogP contribution in [0.15, 0.2) is 42.5 Å². The Kier molecular flexibility index (Phi) is 5.17. The smallest absolute Gasteiger partial charge is 0.255 e. The highest BCUT2D eigenvalue weighted by Crippen LogP contribution is 2.47. The predicted octanol–water partition coefficient (Wildman–Crippen LogP) is 4.72. The minimum Gasteiger partial charge on any atom is -0.322 e. The maximum absolute atomic E-state index is 12.8. The summed E-state index contributed by atoms with van der Waals surface area (Å²) < 4.78 is 0. The van der Waals surface area contributed by atoms with Crippen molar-refractivity contribution < 1.29 is 14.4 Å². The van der Waals surface area contributed by atoms with Crippen LogP contribution in [0.3, 0.4) is 0 Å². The molecule has 1 saturated heterocycles. The zero-order valence-electron chi connectivity index (χ0n) is 16.3. The highest BCUT2D eigenvalue weighted by Gasteiger charge is 2.52. The number of benzene rings is 2. The summed E-state index contributed by atoms with van der Waals surface area (Å²) in [6, 6.07) is 12.3. The summed E-state index contributed by atoms with van der Waals surface area (Å²) in [6.07, 6.45) is 4.01. The number of imide groups is 1. The molecule has 1 N–H and O–H groups in total. The van der Waals surface area contributed by atoms with E-state index in [-0.39, 0.29) is 24.3 Å². The van der Waals surface area contributed by atoms with Crippen molar-refractivity contribution in [2.45, 2.75) is 45.6 Å². The van der Waals surface area contributed by atoms with Gasteiger partial charge in [0.1, 0.15) is 0 Å². The largest absolute Gasteiger partial charge is 0.322 e. The molecule has 150 valence electrons. The van der Waals surface area contributed by atoms with E-state index < -0.39 is 5.41 Å². The maximum Gasteiger partial charge on any atom is 0.255 e. The van der Waals surface area contributed by atoms with E-state index in [9.17, 15) is 14.4 Å². The quantitative estimate of drug-likeness (QED) is 0.741. The Morgan fingerprint density at radius 1 is 1.10 bits per heavy atom. The molecule has 2 fully saturated rings. The van der Waals surface area contributed by atoms with Crippen LogP contribution >= 0.6 is 11.6 Å². The number of aryl methyl sites for hydroxylation is 1. The molecule has 0 unspecified atom stereocenters. The molecule has 1 aliphatic heterocycles. The molecule has 29 heavy (non-hydrogen) atoms. The van der Waals surface area contributed by atoms with Gasteiger partial charge in [-0.3, -0.25) is 19.3 Å². The van der Waals surface area contributed by atoms with E-state index in [1.54, 1.807) is 36.4 Å². The maximum atomic E-state index is 12.8. The van der Waals surface area contributed by atoms with Gasteiger partial charge < -0.3 is 5.32 Å². The third kappa shape index (κ3) is 3.79. The van der Waals surface area contributed by atoms with Gasteiger partial charge in [0.25, 0.3) is 5.91 Å². The van der Waals surface area contributed by atoms with Crippen molar-refractivity contribution in [1.82, 2.24) is 4.90 Å². The Morgan fingerprint density at radius 2 is 1.79 bits per heavy atom. The first-order valence-corrected chi connectivity index (χ1v) is 10.3. The molecule has 6 heteroatoms. The third-order valence-corrected chi connectivity index (χ3v) is 6.45. The molecule has 0 aromatic heterocycles. The summed E-state index contributed by atoms with van der Waals surface area (Å²) in [5.74, 6) is -0.340. The number of nitrogens with one attached hydrogen (secondary N) is 1. The first-order valence-electron chi connectivity index (χ1n) is 9.89. The van der Waals surface area contributed by atoms with E-state index in [2.05, 4.69) is 5.32 Å². The standard InChI is InChI=1S/C23H23ClN2O3/c1-15-12-18(8-9-19(15)24)25-21(28)17-6-4-16(5-7-17)14-26-20(27)13-23(22(26)29)10-2-3-11-23/h4-9,12H,2-3,10-11,13-14H2,1H3,(H,25,28). The first-order chi connectivity index (χ1) is 13.9. The number of anilines is 1. The lowest BCUT2D eigenvalue weighted by atomic mass is 9.84. The molecular weight excluding hydrogens is 388 g/mol. The minimum absolute atomic E-state index is 0.0278. The van der Waals surface area contributed by atoms with Gasteiger partial charge in [-0.1, -0.05) is 36.6 Å². The molecular formula is C23H23ClN2O3. The molecule has 5 nitrogen and oxygen atoms in total. The van der Waals surface area contributed by atoms with Gasteiger partial charge >= 0.3 is 0 Å². The first kappa shape index (κ1) is 19.6. The summed E-state index contributed by atoms with van der Waals surface area (Å²) in [7, 11) is 0. The van der Waals surface area contributed by atoms with Gasteiger partial charge in [-0.05, 0) is 61.2 Å². The molecule has 1 aliphatic carbocycles. The van der Waals surface area contributed by atoms with Crippen molar-refractivity contribution in [3.8, 4) is 0 Å². The molecule has 1 spiro atoms. The monoisotopic (exact) mass is 410 g/mol. The van der Waals surface area contributed by atoms with Gasteiger partial charge in [0.2, 0.25) is 11.8 Å². The van der Waals surface area contributed by atoms with Crippen LogP contribution in [-0.4, -0.2) is 22.6 Å². The van der Waals surface area contributed by atoms with Gasteiger partial charge in [-0.25, -0.2) is 0 Å². The molecule has 1 saturated carbocycles. The molecule has 0 radical (unpaired) electrons. The fraction of sp³-hybridized carbons (Fsp3) is 0.348. The van der Waals surface area contributed by atoms with Crippen molar-refractivity contribution in [3.05, 3.63) is 64.2 Å². The number of hydrogen-bond donors (Lipinski definition) is 1. The average molecular weight is 411 g/mol. The van der Waals surface area contributed by atoms with Gasteiger partial charge in [-0.15, -0.1) is 0 Å². The number of nitrogens with zero attached hydrogens (tertiary/aromatic N) is 1. The molecule has 2 aromatic rings. The van der Waals surface area contributed by atoms with E-state index >= 15 is 0 Å². The Morgan fingerprint density at radius 3 is 2.45 bits per heavy atom. The second kappa shape index (κ2) is 7.64. The number of amides is 3. The van der Waals surface area contributed by atoms with E-state index in [4.69, 9.17) is 11.6 Å². The molecule has 4 rings (SSSR count). The fourth-order valence-electron chi connectivity index (χ4n) is 4.33. The molecule has 2 aromatic carbocycles. The van der Waals surface area contributed by atoms with Crippen molar-refractivity contribution in [2.24, 2.45) is 5.41 Å². The number of likely N-dealkylation sites (tertiary alicyclic amines) is 1. The normalized spacial score (nSPS) is 17.9. The molecule has 2 aliphatic rings. The van der Waals surface area contributed by atoms with Crippen LogP contribution < -0.4 is 5.32 Å².